The van der Waals surface area contributed by atoms with Crippen molar-refractivity contribution >= 4 is 29.9 Å². The Morgan fingerprint density at radius 2 is 1.92 bits per heavy atom. The molecule has 0 radical (unpaired) electrons. The van der Waals surface area contributed by atoms with Crippen LogP contribution in [0.15, 0.2) is 30.3 Å². The Kier molecular flexibility index (Phi) is 4.60. The Morgan fingerprint density at radius 3 is 2.56 bits per heavy atom. The zero-order valence-corrected chi connectivity index (χ0v) is 13.8. The van der Waals surface area contributed by atoms with Gasteiger partial charge in [-0.25, -0.2) is 14.4 Å². The highest BCUT2D eigenvalue weighted by Gasteiger charge is 2.42. The average Bonchev–Trinajstić information content (AvgIpc) is 2.96. The Hall–Kier alpha value is -3.03. The maximum Gasteiger partial charge on any atom is 0.407 e. The molecule has 0 bridgehead atoms. The van der Waals surface area contributed by atoms with Gasteiger partial charge in [-0.2, -0.15) is 0 Å². The van der Waals surface area contributed by atoms with E-state index in [4.69, 9.17) is 5.11 Å². The molecule has 2 aliphatic heterocycles. The standard InChI is InChI=1S/C17H19N3O5/c1-25-15(21)7-4-12-2-5-13(6-3-12)20-11-14-10-18(17(23)24)8-9-19(14)16(20)22/h2-7,14H,8-11H2,1H3,(H,23,24)/b7-4+. The Morgan fingerprint density at radius 1 is 1.20 bits per heavy atom. The van der Waals surface area contributed by atoms with Crippen molar-refractivity contribution in [2.24, 2.45) is 0 Å². The second-order valence-electron chi connectivity index (χ2n) is 5.92. The van der Waals surface area contributed by atoms with E-state index in [2.05, 4.69) is 4.74 Å². The quantitative estimate of drug-likeness (QED) is 0.662. The number of carbonyl (C=O) groups excluding carboxylic acids is 2. The first kappa shape index (κ1) is 16.8. The third-order valence-electron chi connectivity index (χ3n) is 4.44. The maximum absolute atomic E-state index is 12.6. The maximum atomic E-state index is 12.6. The van der Waals surface area contributed by atoms with Gasteiger partial charge in [0, 0.05) is 37.9 Å². The van der Waals surface area contributed by atoms with E-state index in [0.717, 1.165) is 11.3 Å². The summed E-state index contributed by atoms with van der Waals surface area (Å²) in [5.41, 5.74) is 1.56. The van der Waals surface area contributed by atoms with Crippen LogP contribution >= 0.6 is 0 Å². The molecular formula is C17H19N3O5. The van der Waals surface area contributed by atoms with Crippen molar-refractivity contribution < 1.29 is 24.2 Å². The number of piperazine rings is 1. The largest absolute Gasteiger partial charge is 0.466 e. The van der Waals surface area contributed by atoms with Crippen LogP contribution in [0.3, 0.4) is 0 Å². The molecule has 25 heavy (non-hydrogen) atoms. The molecule has 0 aromatic heterocycles. The molecule has 1 N–H and O–H groups in total. The number of hydrogen-bond donors (Lipinski definition) is 1. The molecule has 2 aliphatic rings. The van der Waals surface area contributed by atoms with E-state index in [1.54, 1.807) is 15.9 Å². The normalized spacial score (nSPS) is 20.1. The van der Waals surface area contributed by atoms with Crippen molar-refractivity contribution in [2.45, 2.75) is 6.04 Å². The summed E-state index contributed by atoms with van der Waals surface area (Å²) in [5.74, 6) is -0.432. The number of rotatable bonds is 3. The number of methoxy groups -OCH3 is 1. The van der Waals surface area contributed by atoms with Crippen molar-refractivity contribution in [3.8, 4) is 0 Å². The number of hydrogen-bond acceptors (Lipinski definition) is 4. The molecule has 8 heteroatoms. The molecule has 2 fully saturated rings. The fraction of sp³-hybridized carbons (Fsp3) is 0.353. The summed E-state index contributed by atoms with van der Waals surface area (Å²) in [4.78, 5) is 39.5. The van der Waals surface area contributed by atoms with Crippen LogP contribution in [0.2, 0.25) is 0 Å². The lowest BCUT2D eigenvalue weighted by Gasteiger charge is -2.34. The zero-order chi connectivity index (χ0) is 18.0. The molecule has 0 spiro atoms. The van der Waals surface area contributed by atoms with Crippen LogP contribution in [-0.4, -0.2) is 72.3 Å². The van der Waals surface area contributed by atoms with Crippen molar-refractivity contribution in [3.05, 3.63) is 35.9 Å². The fourth-order valence-electron chi connectivity index (χ4n) is 3.09. The molecule has 1 aromatic rings. The lowest BCUT2D eigenvalue weighted by Crippen LogP contribution is -2.53. The number of fused-ring (bicyclic) bond motifs is 1. The van der Waals surface area contributed by atoms with Gasteiger partial charge in [0.1, 0.15) is 0 Å². The minimum absolute atomic E-state index is 0.104. The number of esters is 1. The summed E-state index contributed by atoms with van der Waals surface area (Å²) in [7, 11) is 1.31. The van der Waals surface area contributed by atoms with Gasteiger partial charge in [0.25, 0.3) is 0 Å². The number of nitrogens with zero attached hydrogens (tertiary/aromatic N) is 3. The van der Waals surface area contributed by atoms with Gasteiger partial charge in [-0.1, -0.05) is 12.1 Å². The van der Waals surface area contributed by atoms with E-state index in [1.807, 2.05) is 24.3 Å². The number of anilines is 1. The van der Waals surface area contributed by atoms with Crippen LogP contribution in [0.5, 0.6) is 0 Å². The summed E-state index contributed by atoms with van der Waals surface area (Å²) in [6.07, 6.45) is 2.01. The van der Waals surface area contributed by atoms with E-state index in [0.29, 0.717) is 26.2 Å². The average molecular weight is 345 g/mol. The molecule has 1 atom stereocenters. The van der Waals surface area contributed by atoms with Gasteiger partial charge in [0.05, 0.1) is 13.2 Å². The molecule has 0 aliphatic carbocycles. The van der Waals surface area contributed by atoms with E-state index < -0.39 is 12.1 Å². The summed E-state index contributed by atoms with van der Waals surface area (Å²) in [6, 6.07) is 7.00. The lowest BCUT2D eigenvalue weighted by atomic mass is 10.1. The van der Waals surface area contributed by atoms with E-state index in [9.17, 15) is 14.4 Å². The number of amides is 3. The first-order chi connectivity index (χ1) is 12.0. The summed E-state index contributed by atoms with van der Waals surface area (Å²) in [5, 5.41) is 9.11. The molecule has 1 aromatic carbocycles. The van der Waals surface area contributed by atoms with Crippen LogP contribution in [-0.2, 0) is 9.53 Å². The first-order valence-corrected chi connectivity index (χ1v) is 7.91. The van der Waals surface area contributed by atoms with E-state index >= 15 is 0 Å². The van der Waals surface area contributed by atoms with Gasteiger partial charge < -0.3 is 19.6 Å². The Labute approximate surface area is 144 Å². The van der Waals surface area contributed by atoms with Crippen LogP contribution < -0.4 is 4.90 Å². The van der Waals surface area contributed by atoms with Gasteiger partial charge >= 0.3 is 18.1 Å². The van der Waals surface area contributed by atoms with Crippen molar-refractivity contribution in [2.75, 3.05) is 38.2 Å². The third-order valence-corrected chi connectivity index (χ3v) is 4.44. The smallest absolute Gasteiger partial charge is 0.407 e. The van der Waals surface area contributed by atoms with Gasteiger partial charge in [0.2, 0.25) is 0 Å². The van der Waals surface area contributed by atoms with E-state index in [-0.39, 0.29) is 12.1 Å². The number of carbonyl (C=O) groups is 3. The molecule has 132 valence electrons. The van der Waals surface area contributed by atoms with Crippen LogP contribution in [0.4, 0.5) is 15.3 Å². The second kappa shape index (κ2) is 6.84. The predicted octanol–water partition coefficient (Wildman–Crippen LogP) is 1.48. The first-order valence-electron chi connectivity index (χ1n) is 7.91. The number of urea groups is 1. The Balaban J connectivity index is 1.70. The summed E-state index contributed by atoms with van der Waals surface area (Å²) in [6.45, 7) is 1.53. The fourth-order valence-corrected chi connectivity index (χ4v) is 3.09. The van der Waals surface area contributed by atoms with Gasteiger partial charge in [-0.3, -0.25) is 4.90 Å². The van der Waals surface area contributed by atoms with Crippen LogP contribution in [0, 0.1) is 0 Å². The predicted molar refractivity (Wildman–Crippen MR) is 90.3 cm³/mol. The molecule has 2 heterocycles. The molecule has 0 saturated carbocycles. The number of carboxylic acid groups (broad SMARTS) is 1. The summed E-state index contributed by atoms with van der Waals surface area (Å²) >= 11 is 0. The SMILES string of the molecule is COC(=O)/C=C/c1ccc(N2CC3CN(C(=O)O)CCN3C2=O)cc1. The highest BCUT2D eigenvalue weighted by Crippen LogP contribution is 2.26. The minimum Gasteiger partial charge on any atom is -0.466 e. The molecule has 3 amide bonds. The van der Waals surface area contributed by atoms with Crippen molar-refractivity contribution in [3.63, 3.8) is 0 Å². The third kappa shape index (κ3) is 3.42. The highest BCUT2D eigenvalue weighted by molar-refractivity contribution is 5.95. The molecule has 8 nitrogen and oxygen atoms in total. The van der Waals surface area contributed by atoms with Gasteiger partial charge in [-0.15, -0.1) is 0 Å². The highest BCUT2D eigenvalue weighted by atomic mass is 16.5. The van der Waals surface area contributed by atoms with Crippen molar-refractivity contribution in [1.82, 2.24) is 9.80 Å². The van der Waals surface area contributed by atoms with Gasteiger partial charge in [-0.05, 0) is 23.8 Å². The topological polar surface area (TPSA) is 90.4 Å². The second-order valence-corrected chi connectivity index (χ2v) is 5.92. The molecule has 2 saturated heterocycles. The van der Waals surface area contributed by atoms with E-state index in [1.165, 1.54) is 18.1 Å². The number of ether oxygens (including phenoxy) is 1. The number of benzene rings is 1. The van der Waals surface area contributed by atoms with Crippen LogP contribution in [0.25, 0.3) is 6.08 Å². The van der Waals surface area contributed by atoms with Crippen molar-refractivity contribution in [1.29, 1.82) is 0 Å². The monoisotopic (exact) mass is 345 g/mol. The Bertz CT molecular complexity index is 715. The van der Waals surface area contributed by atoms with Crippen LogP contribution in [0.1, 0.15) is 5.56 Å². The minimum atomic E-state index is -0.952. The zero-order valence-electron chi connectivity index (χ0n) is 13.8. The lowest BCUT2D eigenvalue weighted by molar-refractivity contribution is -0.134. The van der Waals surface area contributed by atoms with Gasteiger partial charge in [0.15, 0.2) is 0 Å². The molecule has 3 rings (SSSR count). The molecule has 1 unspecified atom stereocenters. The molecular weight excluding hydrogens is 326 g/mol. The summed E-state index contributed by atoms with van der Waals surface area (Å²) < 4.78 is 4.54.